The Balaban J connectivity index is 1.56. The summed E-state index contributed by atoms with van der Waals surface area (Å²) in [5, 5.41) is 13.4. The van der Waals surface area contributed by atoms with Crippen LogP contribution in [0.25, 0.3) is 16.6 Å². The fraction of sp³-hybridized carbons (Fsp3) is 0.318. The number of aryl methyl sites for hydroxylation is 1. The molecule has 0 saturated carbocycles. The monoisotopic (exact) mass is 402 g/mol. The lowest BCUT2D eigenvalue weighted by Gasteiger charge is -2.26. The van der Waals surface area contributed by atoms with Gasteiger partial charge in [-0.05, 0) is 54.0 Å². The molecule has 1 amide bonds. The standard InChI is InChI=1S/C22H22N6O2/c1-15-4-2-5-17-12-18(21-24-25-26-28(21)20(15)17)13-27(14-19-6-3-11-30-19)22(29)16-7-9-23-10-8-16/h2,4-5,7-10,12,19H,3,6,11,13-14H2,1H3/t19-/m0/s1. The highest BCUT2D eigenvalue weighted by molar-refractivity contribution is 5.94. The lowest BCUT2D eigenvalue weighted by atomic mass is 10.1. The molecule has 0 spiro atoms. The predicted molar refractivity (Wildman–Crippen MR) is 111 cm³/mol. The maximum Gasteiger partial charge on any atom is 0.254 e. The van der Waals surface area contributed by atoms with E-state index in [2.05, 4.69) is 26.6 Å². The molecule has 1 aromatic carbocycles. The Bertz CT molecular complexity index is 1200. The Kier molecular flexibility index (Phi) is 4.84. The molecule has 3 aromatic heterocycles. The summed E-state index contributed by atoms with van der Waals surface area (Å²) in [6.45, 7) is 3.71. The van der Waals surface area contributed by atoms with Gasteiger partial charge in [-0.15, -0.1) is 5.10 Å². The highest BCUT2D eigenvalue weighted by atomic mass is 16.5. The number of fused-ring (bicyclic) bond motifs is 3. The van der Waals surface area contributed by atoms with Crippen molar-refractivity contribution in [3.63, 3.8) is 0 Å². The molecule has 4 heterocycles. The molecular weight excluding hydrogens is 380 g/mol. The number of nitrogens with zero attached hydrogens (tertiary/aromatic N) is 6. The lowest BCUT2D eigenvalue weighted by Crippen LogP contribution is -2.37. The molecular formula is C22H22N6O2. The summed E-state index contributed by atoms with van der Waals surface area (Å²) in [6, 6.07) is 11.7. The summed E-state index contributed by atoms with van der Waals surface area (Å²) in [5.41, 5.74) is 4.25. The summed E-state index contributed by atoms with van der Waals surface area (Å²) in [7, 11) is 0. The number of benzene rings is 1. The Hall–Kier alpha value is -3.39. The number of rotatable bonds is 5. The quantitative estimate of drug-likeness (QED) is 0.510. The van der Waals surface area contributed by atoms with Crippen LogP contribution < -0.4 is 0 Å². The molecule has 1 saturated heterocycles. The van der Waals surface area contributed by atoms with Gasteiger partial charge < -0.3 is 9.64 Å². The number of aromatic nitrogens is 5. The van der Waals surface area contributed by atoms with E-state index in [1.807, 2.05) is 30.0 Å². The molecule has 8 heteroatoms. The molecule has 0 unspecified atom stereocenters. The van der Waals surface area contributed by atoms with Crippen LogP contribution in [-0.4, -0.2) is 55.1 Å². The van der Waals surface area contributed by atoms with Gasteiger partial charge in [0.25, 0.3) is 5.91 Å². The van der Waals surface area contributed by atoms with Crippen LogP contribution in [0.1, 0.15) is 34.3 Å². The number of hydrogen-bond donors (Lipinski definition) is 0. The second-order valence-corrected chi connectivity index (χ2v) is 7.65. The van der Waals surface area contributed by atoms with Crippen molar-refractivity contribution in [2.45, 2.75) is 32.4 Å². The molecule has 4 aromatic rings. The Morgan fingerprint density at radius 1 is 1.27 bits per heavy atom. The van der Waals surface area contributed by atoms with Crippen molar-refractivity contribution >= 4 is 22.5 Å². The van der Waals surface area contributed by atoms with Crippen LogP contribution in [-0.2, 0) is 11.3 Å². The van der Waals surface area contributed by atoms with Crippen molar-refractivity contribution in [2.24, 2.45) is 0 Å². The van der Waals surface area contributed by atoms with E-state index in [1.54, 1.807) is 29.0 Å². The van der Waals surface area contributed by atoms with E-state index in [9.17, 15) is 4.79 Å². The molecule has 1 aliphatic heterocycles. The van der Waals surface area contributed by atoms with E-state index >= 15 is 0 Å². The third-order valence-electron chi connectivity index (χ3n) is 5.59. The van der Waals surface area contributed by atoms with Crippen molar-refractivity contribution in [3.05, 3.63) is 65.5 Å². The van der Waals surface area contributed by atoms with E-state index < -0.39 is 0 Å². The van der Waals surface area contributed by atoms with Crippen LogP contribution in [0.5, 0.6) is 0 Å². The maximum atomic E-state index is 13.3. The zero-order valence-electron chi connectivity index (χ0n) is 16.7. The summed E-state index contributed by atoms with van der Waals surface area (Å²) < 4.78 is 7.58. The predicted octanol–water partition coefficient (Wildman–Crippen LogP) is 2.80. The van der Waals surface area contributed by atoms with Crippen LogP contribution >= 0.6 is 0 Å². The van der Waals surface area contributed by atoms with Crippen molar-refractivity contribution in [2.75, 3.05) is 13.2 Å². The molecule has 0 aliphatic carbocycles. The third-order valence-corrected chi connectivity index (χ3v) is 5.59. The Morgan fingerprint density at radius 3 is 2.93 bits per heavy atom. The normalized spacial score (nSPS) is 16.4. The largest absolute Gasteiger partial charge is 0.376 e. The van der Waals surface area contributed by atoms with Crippen LogP contribution in [0, 0.1) is 6.92 Å². The molecule has 1 aliphatic rings. The second kappa shape index (κ2) is 7.79. The molecule has 0 bridgehead atoms. The lowest BCUT2D eigenvalue weighted by molar-refractivity contribution is 0.0508. The van der Waals surface area contributed by atoms with Gasteiger partial charge in [-0.1, -0.05) is 18.2 Å². The van der Waals surface area contributed by atoms with E-state index in [-0.39, 0.29) is 12.0 Å². The Labute approximate surface area is 173 Å². The number of amides is 1. The van der Waals surface area contributed by atoms with Gasteiger partial charge in [-0.2, -0.15) is 4.52 Å². The molecule has 0 N–H and O–H groups in total. The van der Waals surface area contributed by atoms with Gasteiger partial charge in [0.1, 0.15) is 0 Å². The van der Waals surface area contributed by atoms with E-state index in [1.165, 1.54) is 0 Å². The smallest absolute Gasteiger partial charge is 0.254 e. The van der Waals surface area contributed by atoms with Gasteiger partial charge in [0.15, 0.2) is 5.65 Å². The third kappa shape index (κ3) is 3.39. The highest BCUT2D eigenvalue weighted by Gasteiger charge is 2.25. The van der Waals surface area contributed by atoms with Crippen LogP contribution in [0.15, 0.2) is 48.8 Å². The number of carbonyl (C=O) groups excluding carboxylic acids is 1. The first-order valence-electron chi connectivity index (χ1n) is 10.1. The SMILES string of the molecule is Cc1cccc2cc(CN(C[C@@H]3CCCO3)C(=O)c3ccncc3)c3nnnn3c12. The van der Waals surface area contributed by atoms with Gasteiger partial charge in [0, 0.05) is 48.6 Å². The number of hydrogen-bond acceptors (Lipinski definition) is 6. The number of para-hydroxylation sites is 1. The van der Waals surface area contributed by atoms with E-state index in [0.29, 0.717) is 24.3 Å². The first kappa shape index (κ1) is 18.6. The average Bonchev–Trinajstić information content (AvgIpc) is 3.45. The highest BCUT2D eigenvalue weighted by Crippen LogP contribution is 2.24. The van der Waals surface area contributed by atoms with E-state index in [4.69, 9.17) is 4.74 Å². The zero-order valence-corrected chi connectivity index (χ0v) is 16.7. The van der Waals surface area contributed by atoms with Crippen LogP contribution in [0.2, 0.25) is 0 Å². The second-order valence-electron chi connectivity index (χ2n) is 7.65. The Morgan fingerprint density at radius 2 is 2.13 bits per heavy atom. The summed E-state index contributed by atoms with van der Waals surface area (Å²) in [6.07, 6.45) is 5.30. The zero-order chi connectivity index (χ0) is 20.5. The van der Waals surface area contributed by atoms with Crippen molar-refractivity contribution in [1.29, 1.82) is 0 Å². The summed E-state index contributed by atoms with van der Waals surface area (Å²) in [5.74, 6) is -0.0529. The first-order valence-corrected chi connectivity index (χ1v) is 10.1. The summed E-state index contributed by atoms with van der Waals surface area (Å²) >= 11 is 0. The fourth-order valence-electron chi connectivity index (χ4n) is 4.13. The van der Waals surface area contributed by atoms with Crippen molar-refractivity contribution in [3.8, 4) is 0 Å². The first-order chi connectivity index (χ1) is 14.7. The van der Waals surface area contributed by atoms with E-state index in [0.717, 1.165) is 41.5 Å². The minimum Gasteiger partial charge on any atom is -0.376 e. The number of carbonyl (C=O) groups is 1. The molecule has 5 rings (SSSR count). The minimum atomic E-state index is -0.0529. The number of ether oxygens (including phenoxy) is 1. The van der Waals surface area contributed by atoms with Crippen molar-refractivity contribution in [1.82, 2.24) is 29.9 Å². The van der Waals surface area contributed by atoms with Gasteiger partial charge in [-0.25, -0.2) is 0 Å². The van der Waals surface area contributed by atoms with Gasteiger partial charge >= 0.3 is 0 Å². The molecule has 30 heavy (non-hydrogen) atoms. The summed E-state index contributed by atoms with van der Waals surface area (Å²) in [4.78, 5) is 19.2. The number of tetrazole rings is 1. The molecule has 1 atom stereocenters. The van der Waals surface area contributed by atoms with Gasteiger partial charge in [-0.3, -0.25) is 9.78 Å². The molecule has 152 valence electrons. The molecule has 8 nitrogen and oxygen atoms in total. The molecule has 0 radical (unpaired) electrons. The average molecular weight is 402 g/mol. The minimum absolute atomic E-state index is 0.0468. The maximum absolute atomic E-state index is 13.3. The van der Waals surface area contributed by atoms with Crippen LogP contribution in [0.4, 0.5) is 0 Å². The number of pyridine rings is 2. The molecule has 1 fully saturated rings. The fourth-order valence-corrected chi connectivity index (χ4v) is 4.13. The topological polar surface area (TPSA) is 85.5 Å². The van der Waals surface area contributed by atoms with Gasteiger partial charge in [0.2, 0.25) is 0 Å². The van der Waals surface area contributed by atoms with Crippen molar-refractivity contribution < 1.29 is 9.53 Å². The van der Waals surface area contributed by atoms with Crippen LogP contribution in [0.3, 0.4) is 0 Å². The van der Waals surface area contributed by atoms with Gasteiger partial charge in [0.05, 0.1) is 11.6 Å².